The number of aromatic nitrogens is 1. The zero-order chi connectivity index (χ0) is 24.6. The fourth-order valence-electron chi connectivity index (χ4n) is 4.90. The quantitative estimate of drug-likeness (QED) is 0.469. The van der Waals surface area contributed by atoms with E-state index in [1.165, 1.54) is 29.8 Å². The van der Waals surface area contributed by atoms with Gasteiger partial charge in [0.05, 0.1) is 6.10 Å². The molecule has 188 valence electrons. The minimum absolute atomic E-state index is 0.163. The summed E-state index contributed by atoms with van der Waals surface area (Å²) in [6, 6.07) is 12.7. The van der Waals surface area contributed by atoms with Crippen LogP contribution >= 0.6 is 0 Å². The standard InChI is InChI=1S/C28H36N2O5/c1-19(21-7-3-2-4-8-21)35-28(33)30-26(27(31)32)15-16-34-24-17-20(18-24)11-13-23-14-12-22-9-5-6-10-25(22)29-23/h2-4,7-8,12,14,19-20,24,26H,5-6,9-11,13,15-18H2,1H3,(H,30,33)(H,31,32)/t19-,20?,24?,26?/m0/s1. The lowest BCUT2D eigenvalue weighted by atomic mass is 9.79. The smallest absolute Gasteiger partial charge is 0.408 e. The Kier molecular flexibility index (Phi) is 8.74. The number of carbonyl (C=O) groups excluding carboxylic acids is 1. The summed E-state index contributed by atoms with van der Waals surface area (Å²) in [7, 11) is 0. The zero-order valence-electron chi connectivity index (χ0n) is 20.4. The lowest BCUT2D eigenvalue weighted by Gasteiger charge is -2.35. The van der Waals surface area contributed by atoms with Gasteiger partial charge in [-0.05, 0) is 81.4 Å². The molecule has 0 bridgehead atoms. The molecule has 0 radical (unpaired) electrons. The number of amides is 1. The van der Waals surface area contributed by atoms with Crippen LogP contribution in [-0.4, -0.2) is 40.9 Å². The maximum Gasteiger partial charge on any atom is 0.408 e. The van der Waals surface area contributed by atoms with Crippen LogP contribution in [0.2, 0.25) is 0 Å². The van der Waals surface area contributed by atoms with Gasteiger partial charge in [0.25, 0.3) is 0 Å². The average Bonchev–Trinajstić information content (AvgIpc) is 2.84. The SMILES string of the molecule is C[C@H](OC(=O)NC(CCOC1CC(CCc2ccc3c(n2)CCCC3)C1)C(=O)O)c1ccccc1. The minimum atomic E-state index is -1.10. The number of rotatable bonds is 11. The van der Waals surface area contributed by atoms with Gasteiger partial charge in [-0.15, -0.1) is 0 Å². The third kappa shape index (κ3) is 7.28. The highest BCUT2D eigenvalue weighted by molar-refractivity contribution is 5.79. The molecule has 1 saturated carbocycles. The maximum atomic E-state index is 12.2. The fraction of sp³-hybridized carbons (Fsp3) is 0.536. The second kappa shape index (κ2) is 12.2. The van der Waals surface area contributed by atoms with Gasteiger partial charge < -0.3 is 19.9 Å². The van der Waals surface area contributed by atoms with Crippen molar-refractivity contribution in [3.63, 3.8) is 0 Å². The van der Waals surface area contributed by atoms with Crippen LogP contribution in [0, 0.1) is 5.92 Å². The van der Waals surface area contributed by atoms with Crippen LogP contribution in [-0.2, 0) is 33.5 Å². The van der Waals surface area contributed by atoms with Crippen molar-refractivity contribution in [3.8, 4) is 0 Å². The molecule has 7 nitrogen and oxygen atoms in total. The monoisotopic (exact) mass is 480 g/mol. The summed E-state index contributed by atoms with van der Waals surface area (Å²) in [5.41, 5.74) is 4.76. The highest BCUT2D eigenvalue weighted by Gasteiger charge is 2.30. The predicted octanol–water partition coefficient (Wildman–Crippen LogP) is 5.02. The van der Waals surface area contributed by atoms with E-state index in [1.807, 2.05) is 30.3 Å². The van der Waals surface area contributed by atoms with E-state index in [1.54, 1.807) is 6.92 Å². The number of pyridine rings is 1. The van der Waals surface area contributed by atoms with Crippen LogP contribution in [0.15, 0.2) is 42.5 Å². The molecule has 0 spiro atoms. The Bertz CT molecular complexity index is 990. The molecule has 1 amide bonds. The molecule has 1 fully saturated rings. The molecule has 4 rings (SSSR count). The first-order chi connectivity index (χ1) is 17.0. The number of aryl methyl sites for hydroxylation is 3. The van der Waals surface area contributed by atoms with E-state index >= 15 is 0 Å². The minimum Gasteiger partial charge on any atom is -0.480 e. The summed E-state index contributed by atoms with van der Waals surface area (Å²) in [5, 5.41) is 11.9. The van der Waals surface area contributed by atoms with E-state index < -0.39 is 24.2 Å². The lowest BCUT2D eigenvalue weighted by Crippen LogP contribution is -2.42. The number of ether oxygens (including phenoxy) is 2. The molecule has 2 aliphatic carbocycles. The fourth-order valence-corrected chi connectivity index (χ4v) is 4.90. The Morgan fingerprint density at radius 2 is 1.89 bits per heavy atom. The highest BCUT2D eigenvalue weighted by Crippen LogP contribution is 2.34. The molecule has 7 heteroatoms. The topological polar surface area (TPSA) is 97.8 Å². The van der Waals surface area contributed by atoms with Gasteiger partial charge in [0.1, 0.15) is 12.1 Å². The van der Waals surface area contributed by atoms with Gasteiger partial charge in [0.2, 0.25) is 0 Å². The molecule has 1 unspecified atom stereocenters. The molecule has 1 heterocycles. The van der Waals surface area contributed by atoms with Crippen LogP contribution in [0.5, 0.6) is 0 Å². The first-order valence-electron chi connectivity index (χ1n) is 12.8. The molecule has 1 aromatic carbocycles. The van der Waals surface area contributed by atoms with Crippen LogP contribution in [0.3, 0.4) is 0 Å². The van der Waals surface area contributed by atoms with E-state index in [4.69, 9.17) is 14.5 Å². The summed E-state index contributed by atoms with van der Waals surface area (Å²) in [6.07, 6.45) is 8.04. The van der Waals surface area contributed by atoms with Crippen LogP contribution < -0.4 is 5.32 Å². The summed E-state index contributed by atoms with van der Waals surface area (Å²) in [4.78, 5) is 28.6. The van der Waals surface area contributed by atoms with E-state index in [-0.39, 0.29) is 19.1 Å². The van der Waals surface area contributed by atoms with Crippen LogP contribution in [0.4, 0.5) is 4.79 Å². The Labute approximate surface area is 207 Å². The molecule has 0 saturated heterocycles. The van der Waals surface area contributed by atoms with Gasteiger partial charge in [-0.2, -0.15) is 0 Å². The maximum absolute atomic E-state index is 12.2. The van der Waals surface area contributed by atoms with Crippen molar-refractivity contribution in [1.29, 1.82) is 0 Å². The highest BCUT2D eigenvalue weighted by atomic mass is 16.6. The zero-order valence-corrected chi connectivity index (χ0v) is 20.4. The van der Waals surface area contributed by atoms with Gasteiger partial charge in [0.15, 0.2) is 0 Å². The molecule has 35 heavy (non-hydrogen) atoms. The van der Waals surface area contributed by atoms with Gasteiger partial charge in [0, 0.05) is 24.4 Å². The second-order valence-electron chi connectivity index (χ2n) is 9.77. The van der Waals surface area contributed by atoms with Crippen molar-refractivity contribution in [2.75, 3.05) is 6.61 Å². The van der Waals surface area contributed by atoms with Crippen molar-refractivity contribution >= 4 is 12.1 Å². The van der Waals surface area contributed by atoms with Crippen LogP contribution in [0.25, 0.3) is 0 Å². The number of aliphatic carboxylic acids is 1. The predicted molar refractivity (Wildman–Crippen MR) is 132 cm³/mol. The van der Waals surface area contributed by atoms with Crippen molar-refractivity contribution in [3.05, 3.63) is 65.0 Å². The number of hydrogen-bond acceptors (Lipinski definition) is 5. The molecular formula is C28H36N2O5. The number of benzene rings is 1. The number of nitrogens with zero attached hydrogens (tertiary/aromatic N) is 1. The molecule has 1 aromatic heterocycles. The van der Waals surface area contributed by atoms with Gasteiger partial charge in [-0.25, -0.2) is 9.59 Å². The van der Waals surface area contributed by atoms with E-state index in [0.29, 0.717) is 5.92 Å². The van der Waals surface area contributed by atoms with E-state index in [2.05, 4.69) is 17.4 Å². The largest absolute Gasteiger partial charge is 0.480 e. The summed E-state index contributed by atoms with van der Waals surface area (Å²) in [5.74, 6) is -0.470. The van der Waals surface area contributed by atoms with Crippen molar-refractivity contribution in [2.24, 2.45) is 5.92 Å². The Morgan fingerprint density at radius 1 is 1.11 bits per heavy atom. The molecule has 2 atom stereocenters. The molecular weight excluding hydrogens is 444 g/mol. The third-order valence-corrected chi connectivity index (χ3v) is 7.14. The van der Waals surface area contributed by atoms with Gasteiger partial charge in [-0.3, -0.25) is 4.98 Å². The van der Waals surface area contributed by atoms with E-state index in [0.717, 1.165) is 44.1 Å². The van der Waals surface area contributed by atoms with Crippen molar-refractivity contribution in [2.45, 2.75) is 83.0 Å². The van der Waals surface area contributed by atoms with Crippen molar-refractivity contribution in [1.82, 2.24) is 10.3 Å². The molecule has 2 N–H and O–H groups in total. The summed E-state index contributed by atoms with van der Waals surface area (Å²) in [6.45, 7) is 2.04. The average molecular weight is 481 g/mol. The number of carbonyl (C=O) groups is 2. The Hall–Kier alpha value is -2.93. The molecule has 0 aliphatic heterocycles. The number of alkyl carbamates (subject to hydrolysis) is 1. The first-order valence-corrected chi connectivity index (χ1v) is 12.8. The number of fused-ring (bicyclic) bond motifs is 1. The second-order valence-corrected chi connectivity index (χ2v) is 9.77. The summed E-state index contributed by atoms with van der Waals surface area (Å²) >= 11 is 0. The summed E-state index contributed by atoms with van der Waals surface area (Å²) < 4.78 is 11.2. The van der Waals surface area contributed by atoms with Crippen molar-refractivity contribution < 1.29 is 24.2 Å². The normalized spacial score (nSPS) is 20.7. The van der Waals surface area contributed by atoms with Crippen LogP contribution in [0.1, 0.15) is 74.1 Å². The van der Waals surface area contributed by atoms with Gasteiger partial charge >= 0.3 is 12.1 Å². The Morgan fingerprint density at radius 3 is 2.66 bits per heavy atom. The number of nitrogens with one attached hydrogen (secondary N) is 1. The van der Waals surface area contributed by atoms with Gasteiger partial charge in [-0.1, -0.05) is 36.4 Å². The third-order valence-electron chi connectivity index (χ3n) is 7.14. The number of carboxylic acids is 1. The molecule has 2 aliphatic rings. The number of carboxylic acid groups (broad SMARTS) is 1. The molecule has 2 aromatic rings. The lowest BCUT2D eigenvalue weighted by molar-refractivity contribution is -0.140. The first kappa shape index (κ1) is 25.2. The van der Waals surface area contributed by atoms with E-state index in [9.17, 15) is 14.7 Å². The Balaban J connectivity index is 1.12. The number of hydrogen-bond donors (Lipinski definition) is 2.